The molecule has 0 radical (unpaired) electrons. The van der Waals surface area contributed by atoms with Gasteiger partial charge in [-0.1, -0.05) is 11.6 Å². The Kier molecular flexibility index (Phi) is 8.63. The van der Waals surface area contributed by atoms with Gasteiger partial charge in [-0.3, -0.25) is 4.79 Å². The lowest BCUT2D eigenvalue weighted by atomic mass is 10.1. The standard InChI is InChI=1S/C25H25ClF6N8O3/c1-23(2,3)35-21(42)20-34-17(36-40(20)19-15(24(27,28)29)5-4-10-33-19)12-39-22(43)38(11-16(41)25(30,31)32)18(37-39)13-6-8-14(26)9-7-13/h4-10,16,22,41,43H,11-12H2,1-3H3,(H,35,42)/t16-,22?/m0/s1. The van der Waals surface area contributed by atoms with Gasteiger partial charge in [-0.2, -0.15) is 36.1 Å². The number of halogens is 7. The van der Waals surface area contributed by atoms with E-state index >= 15 is 0 Å². The van der Waals surface area contributed by atoms with Crippen molar-refractivity contribution < 1.29 is 41.4 Å². The van der Waals surface area contributed by atoms with Crippen molar-refractivity contribution in [1.29, 1.82) is 0 Å². The van der Waals surface area contributed by atoms with E-state index in [9.17, 15) is 41.4 Å². The van der Waals surface area contributed by atoms with Gasteiger partial charge in [0.25, 0.3) is 5.91 Å². The Morgan fingerprint density at radius 1 is 1.09 bits per heavy atom. The zero-order valence-corrected chi connectivity index (χ0v) is 23.4. The van der Waals surface area contributed by atoms with Gasteiger partial charge in [-0.05, 0) is 57.2 Å². The Bertz CT molecular complexity index is 1500. The number of benzene rings is 1. The molecule has 3 aromatic rings. The number of β-amino-alcohol motifs (C(OH)–C–C–N with tert-alkyl or cyclic N) is 1. The van der Waals surface area contributed by atoms with E-state index in [-0.39, 0.29) is 17.2 Å². The molecule has 11 nitrogen and oxygen atoms in total. The van der Waals surface area contributed by atoms with Crippen molar-refractivity contribution in [2.75, 3.05) is 6.54 Å². The van der Waals surface area contributed by atoms with Crippen LogP contribution in [-0.2, 0) is 12.7 Å². The highest BCUT2D eigenvalue weighted by Crippen LogP contribution is 2.33. The van der Waals surface area contributed by atoms with Crippen molar-refractivity contribution >= 4 is 23.3 Å². The smallest absolute Gasteiger partial charge is 0.382 e. The van der Waals surface area contributed by atoms with Crippen LogP contribution in [0.15, 0.2) is 47.7 Å². The third-order valence-electron chi connectivity index (χ3n) is 5.83. The van der Waals surface area contributed by atoms with Gasteiger partial charge in [0.2, 0.25) is 12.2 Å². The van der Waals surface area contributed by atoms with Crippen molar-refractivity contribution in [1.82, 2.24) is 35.0 Å². The quantitative estimate of drug-likeness (QED) is 0.337. The highest BCUT2D eigenvalue weighted by Gasteiger charge is 2.44. The molecule has 18 heteroatoms. The lowest BCUT2D eigenvalue weighted by Crippen LogP contribution is -2.49. The van der Waals surface area contributed by atoms with Crippen LogP contribution in [0.5, 0.6) is 0 Å². The summed E-state index contributed by atoms with van der Waals surface area (Å²) < 4.78 is 81.6. The summed E-state index contributed by atoms with van der Waals surface area (Å²) in [5, 5.41) is 32.6. The van der Waals surface area contributed by atoms with Crippen LogP contribution in [0.3, 0.4) is 0 Å². The normalized spacial score (nSPS) is 16.8. The molecule has 2 atom stereocenters. The summed E-state index contributed by atoms with van der Waals surface area (Å²) in [5.41, 5.74) is -1.81. The second-order valence-corrected chi connectivity index (χ2v) is 10.9. The summed E-state index contributed by atoms with van der Waals surface area (Å²) in [7, 11) is 0. The van der Waals surface area contributed by atoms with Crippen LogP contribution in [0.4, 0.5) is 26.3 Å². The van der Waals surface area contributed by atoms with E-state index in [4.69, 9.17) is 11.6 Å². The van der Waals surface area contributed by atoms with Crippen LogP contribution in [-0.4, -0.2) is 82.3 Å². The Morgan fingerprint density at radius 3 is 2.33 bits per heavy atom. The molecule has 0 bridgehead atoms. The molecule has 1 unspecified atom stereocenters. The van der Waals surface area contributed by atoms with E-state index in [0.29, 0.717) is 9.70 Å². The van der Waals surface area contributed by atoms with Crippen LogP contribution in [0, 0.1) is 0 Å². The topological polar surface area (TPSA) is 132 Å². The van der Waals surface area contributed by atoms with Gasteiger partial charge >= 0.3 is 12.4 Å². The molecular formula is C25H25ClF6N8O3. The second kappa shape index (κ2) is 11.6. The van der Waals surface area contributed by atoms with Crippen LogP contribution in [0.2, 0.25) is 5.02 Å². The summed E-state index contributed by atoms with van der Waals surface area (Å²) >= 11 is 5.91. The third-order valence-corrected chi connectivity index (χ3v) is 6.08. The summed E-state index contributed by atoms with van der Waals surface area (Å²) in [5.74, 6) is -2.73. The first-order chi connectivity index (χ1) is 19.8. The molecule has 0 fully saturated rings. The highest BCUT2D eigenvalue weighted by atomic mass is 35.5. The molecule has 4 rings (SSSR count). The lowest BCUT2D eigenvalue weighted by molar-refractivity contribution is -0.212. The fraction of sp³-hybridized carbons (Fsp3) is 0.400. The van der Waals surface area contributed by atoms with Crippen LogP contribution >= 0.6 is 11.6 Å². The van der Waals surface area contributed by atoms with Gasteiger partial charge in [-0.15, -0.1) is 5.10 Å². The van der Waals surface area contributed by atoms with E-state index in [2.05, 4.69) is 25.5 Å². The Hall–Kier alpha value is -3.96. The number of aliphatic hydroxyl groups excluding tert-OH is 2. The van der Waals surface area contributed by atoms with Crippen molar-refractivity contribution in [3.05, 3.63) is 70.4 Å². The Morgan fingerprint density at radius 2 is 1.74 bits per heavy atom. The van der Waals surface area contributed by atoms with Crippen LogP contribution in [0.25, 0.3) is 5.82 Å². The minimum Gasteiger partial charge on any atom is -0.382 e. The number of nitrogens with zero attached hydrogens (tertiary/aromatic N) is 7. The number of hydrogen-bond acceptors (Lipinski definition) is 9. The largest absolute Gasteiger partial charge is 0.420 e. The van der Waals surface area contributed by atoms with E-state index in [0.717, 1.165) is 28.2 Å². The molecule has 1 aromatic carbocycles. The summed E-state index contributed by atoms with van der Waals surface area (Å²) in [6.07, 6.45) is -13.6. The zero-order chi connectivity index (χ0) is 31.9. The number of hydrogen-bond donors (Lipinski definition) is 3. The van der Waals surface area contributed by atoms with Crippen LogP contribution < -0.4 is 5.32 Å². The fourth-order valence-corrected chi connectivity index (χ4v) is 4.08. The average Bonchev–Trinajstić information content (AvgIpc) is 3.44. The molecule has 0 spiro atoms. The van der Waals surface area contributed by atoms with Gasteiger partial charge in [0.15, 0.2) is 23.6 Å². The molecule has 3 heterocycles. The summed E-state index contributed by atoms with van der Waals surface area (Å²) in [6.45, 7) is 3.20. The third kappa shape index (κ3) is 7.34. The first-order valence-electron chi connectivity index (χ1n) is 12.5. The Labute approximate surface area is 245 Å². The lowest BCUT2D eigenvalue weighted by Gasteiger charge is -2.29. The van der Waals surface area contributed by atoms with Crippen LogP contribution in [0.1, 0.15) is 48.3 Å². The first kappa shape index (κ1) is 32.0. The first-order valence-corrected chi connectivity index (χ1v) is 12.8. The molecule has 232 valence electrons. The molecule has 2 aromatic heterocycles. The maximum absolute atomic E-state index is 13.8. The molecular weight excluding hydrogens is 610 g/mol. The molecule has 0 saturated carbocycles. The number of pyridine rings is 1. The predicted octanol–water partition coefficient (Wildman–Crippen LogP) is 3.54. The average molecular weight is 635 g/mol. The Balaban J connectivity index is 1.76. The van der Waals surface area contributed by atoms with E-state index in [1.807, 2.05) is 0 Å². The second-order valence-electron chi connectivity index (χ2n) is 10.4. The maximum atomic E-state index is 13.8. The molecule has 43 heavy (non-hydrogen) atoms. The number of nitrogens with one attached hydrogen (secondary N) is 1. The summed E-state index contributed by atoms with van der Waals surface area (Å²) in [4.78, 5) is 21.7. The maximum Gasteiger partial charge on any atom is 0.420 e. The molecule has 0 saturated heterocycles. The molecule has 1 aliphatic rings. The van der Waals surface area contributed by atoms with E-state index in [1.54, 1.807) is 20.8 Å². The van der Waals surface area contributed by atoms with Gasteiger partial charge in [-0.25, -0.2) is 15.0 Å². The predicted molar refractivity (Wildman–Crippen MR) is 140 cm³/mol. The SMILES string of the molecule is CC(C)(C)NC(=O)c1nc(CN2N=C(c3ccc(Cl)cc3)N(C[C@H](O)C(F)(F)F)C2O)nn1-c1ncccc1C(F)(F)F. The molecule has 1 amide bonds. The van der Waals surface area contributed by atoms with E-state index in [1.165, 1.54) is 24.3 Å². The number of hydrazone groups is 1. The number of aliphatic hydroxyl groups is 2. The molecule has 3 N–H and O–H groups in total. The molecule has 1 aliphatic heterocycles. The molecule has 0 aliphatic carbocycles. The summed E-state index contributed by atoms with van der Waals surface area (Å²) in [6, 6.07) is 7.50. The van der Waals surface area contributed by atoms with Crippen molar-refractivity contribution in [2.45, 2.75) is 57.7 Å². The number of aromatic nitrogens is 4. The van der Waals surface area contributed by atoms with Crippen molar-refractivity contribution in [3.63, 3.8) is 0 Å². The monoisotopic (exact) mass is 634 g/mol. The fourth-order valence-electron chi connectivity index (χ4n) is 3.96. The zero-order valence-electron chi connectivity index (χ0n) is 22.7. The number of carbonyl (C=O) groups excluding carboxylic acids is 1. The minimum atomic E-state index is -5.02. The van der Waals surface area contributed by atoms with E-state index < -0.39 is 66.5 Å². The van der Waals surface area contributed by atoms with Gasteiger partial charge in [0, 0.05) is 22.3 Å². The number of alkyl halides is 6. The van der Waals surface area contributed by atoms with Gasteiger partial charge in [0.05, 0.1) is 6.54 Å². The van der Waals surface area contributed by atoms with Crippen molar-refractivity contribution in [2.24, 2.45) is 5.10 Å². The number of carbonyl (C=O) groups is 1. The van der Waals surface area contributed by atoms with Gasteiger partial charge in [0.1, 0.15) is 12.1 Å². The van der Waals surface area contributed by atoms with Gasteiger partial charge < -0.3 is 20.4 Å². The number of amides is 1. The number of rotatable bonds is 7. The van der Waals surface area contributed by atoms with Crippen molar-refractivity contribution in [3.8, 4) is 5.82 Å². The minimum absolute atomic E-state index is 0.179. The number of amidine groups is 1. The highest BCUT2D eigenvalue weighted by molar-refractivity contribution is 6.30.